The van der Waals surface area contributed by atoms with Crippen LogP contribution in [0.5, 0.6) is 0 Å². The summed E-state index contributed by atoms with van der Waals surface area (Å²) in [5.41, 5.74) is 1.40. The molecule has 0 saturated heterocycles. The minimum Gasteiger partial charge on any atom is -0.350 e. The number of nitrogens with zero attached hydrogens (tertiary/aromatic N) is 2. The van der Waals surface area contributed by atoms with Crippen LogP contribution >= 0.6 is 0 Å². The SMILES string of the molecule is CCn1ccc(C(=O)NCCc2ccc(F)cc2)n1. The van der Waals surface area contributed by atoms with Crippen LogP contribution in [0.15, 0.2) is 36.5 Å². The smallest absolute Gasteiger partial charge is 0.271 e. The molecule has 100 valence electrons. The van der Waals surface area contributed by atoms with E-state index in [1.54, 1.807) is 29.1 Å². The van der Waals surface area contributed by atoms with Crippen LogP contribution in [-0.4, -0.2) is 22.2 Å². The lowest BCUT2D eigenvalue weighted by molar-refractivity contribution is 0.0948. The third-order valence-corrected chi connectivity index (χ3v) is 2.81. The molecule has 2 aromatic rings. The number of nitrogens with one attached hydrogen (secondary N) is 1. The van der Waals surface area contributed by atoms with Gasteiger partial charge in [0.05, 0.1) is 0 Å². The summed E-state index contributed by atoms with van der Waals surface area (Å²) in [6, 6.07) is 7.96. The van der Waals surface area contributed by atoms with Gasteiger partial charge in [-0.1, -0.05) is 12.1 Å². The maximum Gasteiger partial charge on any atom is 0.271 e. The van der Waals surface area contributed by atoms with Gasteiger partial charge in [-0.2, -0.15) is 5.10 Å². The summed E-state index contributed by atoms with van der Waals surface area (Å²) in [5, 5.41) is 6.91. The summed E-state index contributed by atoms with van der Waals surface area (Å²) < 4.78 is 14.4. The molecule has 1 aromatic heterocycles. The summed E-state index contributed by atoms with van der Waals surface area (Å²) >= 11 is 0. The Labute approximate surface area is 111 Å². The van der Waals surface area contributed by atoms with Gasteiger partial charge >= 0.3 is 0 Å². The minimum absolute atomic E-state index is 0.186. The zero-order valence-corrected chi connectivity index (χ0v) is 10.8. The van der Waals surface area contributed by atoms with E-state index in [4.69, 9.17) is 0 Å². The second-order valence-corrected chi connectivity index (χ2v) is 4.19. The van der Waals surface area contributed by atoms with E-state index in [1.807, 2.05) is 6.92 Å². The monoisotopic (exact) mass is 261 g/mol. The van der Waals surface area contributed by atoms with Gasteiger partial charge in [-0.25, -0.2) is 4.39 Å². The summed E-state index contributed by atoms with van der Waals surface area (Å²) in [6.07, 6.45) is 2.44. The van der Waals surface area contributed by atoms with Crippen molar-refractivity contribution < 1.29 is 9.18 Å². The average Bonchev–Trinajstić information content (AvgIpc) is 2.90. The first-order chi connectivity index (χ1) is 9.19. The highest BCUT2D eigenvalue weighted by atomic mass is 19.1. The largest absolute Gasteiger partial charge is 0.350 e. The van der Waals surface area contributed by atoms with Crippen LogP contribution in [-0.2, 0) is 13.0 Å². The van der Waals surface area contributed by atoms with Gasteiger partial charge in [0, 0.05) is 19.3 Å². The predicted octanol–water partition coefficient (Wildman–Crippen LogP) is 2.01. The van der Waals surface area contributed by atoms with Crippen LogP contribution in [0.1, 0.15) is 23.0 Å². The fourth-order valence-corrected chi connectivity index (χ4v) is 1.72. The first-order valence-corrected chi connectivity index (χ1v) is 6.25. The van der Waals surface area contributed by atoms with Crippen molar-refractivity contribution in [2.45, 2.75) is 19.9 Å². The first kappa shape index (κ1) is 13.3. The third-order valence-electron chi connectivity index (χ3n) is 2.81. The molecule has 1 aromatic carbocycles. The highest BCUT2D eigenvalue weighted by Gasteiger charge is 2.08. The molecule has 1 heterocycles. The Morgan fingerprint density at radius 2 is 2.05 bits per heavy atom. The molecule has 0 saturated carbocycles. The zero-order valence-electron chi connectivity index (χ0n) is 10.8. The molecule has 0 radical (unpaired) electrons. The number of aromatic nitrogens is 2. The molecule has 19 heavy (non-hydrogen) atoms. The van der Waals surface area contributed by atoms with Crippen LogP contribution in [0, 0.1) is 5.82 Å². The highest BCUT2D eigenvalue weighted by molar-refractivity contribution is 5.92. The van der Waals surface area contributed by atoms with Crippen LogP contribution in [0.25, 0.3) is 0 Å². The van der Waals surface area contributed by atoms with Gasteiger partial charge in [0.2, 0.25) is 0 Å². The Bertz CT molecular complexity index is 548. The molecule has 0 spiro atoms. The molecular formula is C14H16FN3O. The molecule has 0 aliphatic carbocycles. The normalized spacial score (nSPS) is 10.4. The van der Waals surface area contributed by atoms with E-state index in [0.717, 1.165) is 12.1 Å². The second kappa shape index (κ2) is 6.13. The number of carbonyl (C=O) groups excluding carboxylic acids is 1. The standard InChI is InChI=1S/C14H16FN3O/c1-2-18-10-8-13(17-18)14(19)16-9-7-11-3-5-12(15)6-4-11/h3-6,8,10H,2,7,9H2,1H3,(H,16,19). The number of hydrogen-bond acceptors (Lipinski definition) is 2. The second-order valence-electron chi connectivity index (χ2n) is 4.19. The Kier molecular flexibility index (Phi) is 4.28. The number of carbonyl (C=O) groups is 1. The molecule has 0 aliphatic heterocycles. The molecule has 0 unspecified atom stereocenters. The topological polar surface area (TPSA) is 46.9 Å². The quantitative estimate of drug-likeness (QED) is 0.895. The van der Waals surface area contributed by atoms with Gasteiger partial charge in [0.15, 0.2) is 0 Å². The molecule has 1 N–H and O–H groups in total. The Hall–Kier alpha value is -2.17. The number of hydrogen-bond donors (Lipinski definition) is 1. The van der Waals surface area contributed by atoms with Crippen molar-refractivity contribution in [2.75, 3.05) is 6.54 Å². The highest BCUT2D eigenvalue weighted by Crippen LogP contribution is 2.03. The average molecular weight is 261 g/mol. The van der Waals surface area contributed by atoms with Crippen LogP contribution in [0.3, 0.4) is 0 Å². The van der Waals surface area contributed by atoms with Crippen molar-refractivity contribution in [3.05, 3.63) is 53.6 Å². The van der Waals surface area contributed by atoms with Gasteiger partial charge in [0.25, 0.3) is 5.91 Å². The van der Waals surface area contributed by atoms with E-state index in [9.17, 15) is 9.18 Å². The first-order valence-electron chi connectivity index (χ1n) is 6.25. The molecular weight excluding hydrogens is 245 g/mol. The van der Waals surface area contributed by atoms with Gasteiger partial charge in [-0.05, 0) is 37.1 Å². The van der Waals surface area contributed by atoms with Crippen molar-refractivity contribution in [3.8, 4) is 0 Å². The molecule has 0 aliphatic rings. The maximum absolute atomic E-state index is 12.7. The van der Waals surface area contributed by atoms with Gasteiger partial charge in [-0.3, -0.25) is 9.48 Å². The molecule has 5 heteroatoms. The van der Waals surface area contributed by atoms with Crippen LogP contribution in [0.2, 0.25) is 0 Å². The lowest BCUT2D eigenvalue weighted by Gasteiger charge is -2.03. The molecule has 1 amide bonds. The molecule has 0 fully saturated rings. The van der Waals surface area contributed by atoms with Crippen LogP contribution < -0.4 is 5.32 Å². The van der Waals surface area contributed by atoms with Crippen LogP contribution in [0.4, 0.5) is 4.39 Å². The number of rotatable bonds is 5. The van der Waals surface area contributed by atoms with Crippen molar-refractivity contribution in [1.82, 2.24) is 15.1 Å². The van der Waals surface area contributed by atoms with Crippen molar-refractivity contribution in [2.24, 2.45) is 0 Å². The summed E-state index contributed by atoms with van der Waals surface area (Å²) in [6.45, 7) is 3.20. The lowest BCUT2D eigenvalue weighted by Crippen LogP contribution is -2.26. The van der Waals surface area contributed by atoms with E-state index in [2.05, 4.69) is 10.4 Å². The summed E-state index contributed by atoms with van der Waals surface area (Å²) in [5.74, 6) is -0.438. The minimum atomic E-state index is -0.252. The van der Waals surface area contributed by atoms with Gasteiger partial charge in [0.1, 0.15) is 11.5 Å². The van der Waals surface area contributed by atoms with E-state index < -0.39 is 0 Å². The molecule has 0 atom stereocenters. The van der Waals surface area contributed by atoms with E-state index >= 15 is 0 Å². The van der Waals surface area contributed by atoms with Crippen molar-refractivity contribution in [3.63, 3.8) is 0 Å². The molecule has 4 nitrogen and oxygen atoms in total. The number of amides is 1. The fraction of sp³-hybridized carbons (Fsp3) is 0.286. The Morgan fingerprint density at radius 3 is 2.68 bits per heavy atom. The maximum atomic E-state index is 12.7. The van der Waals surface area contributed by atoms with Crippen molar-refractivity contribution >= 4 is 5.91 Å². The summed E-state index contributed by atoms with van der Waals surface area (Å²) in [7, 11) is 0. The summed E-state index contributed by atoms with van der Waals surface area (Å²) in [4.78, 5) is 11.8. The third kappa shape index (κ3) is 3.64. The Morgan fingerprint density at radius 1 is 1.32 bits per heavy atom. The predicted molar refractivity (Wildman–Crippen MR) is 70.3 cm³/mol. The van der Waals surface area contributed by atoms with E-state index in [-0.39, 0.29) is 11.7 Å². The van der Waals surface area contributed by atoms with E-state index in [0.29, 0.717) is 18.7 Å². The lowest BCUT2D eigenvalue weighted by atomic mass is 10.1. The molecule has 0 bridgehead atoms. The molecule has 2 rings (SSSR count). The number of halogens is 1. The number of benzene rings is 1. The van der Waals surface area contributed by atoms with Crippen molar-refractivity contribution in [1.29, 1.82) is 0 Å². The van der Waals surface area contributed by atoms with Gasteiger partial charge in [-0.15, -0.1) is 0 Å². The fourth-order valence-electron chi connectivity index (χ4n) is 1.72. The number of aryl methyl sites for hydroxylation is 1. The zero-order chi connectivity index (χ0) is 13.7. The van der Waals surface area contributed by atoms with E-state index in [1.165, 1.54) is 12.1 Å². The Balaban J connectivity index is 1.82. The van der Waals surface area contributed by atoms with Gasteiger partial charge < -0.3 is 5.32 Å².